The predicted molar refractivity (Wildman–Crippen MR) is 66.6 cm³/mol. The third-order valence-electron chi connectivity index (χ3n) is 2.53. The zero-order valence-corrected chi connectivity index (χ0v) is 9.56. The Kier molecular flexibility index (Phi) is 3.60. The topological polar surface area (TPSA) is 20.2 Å². The van der Waals surface area contributed by atoms with Gasteiger partial charge in [-0.2, -0.15) is 0 Å². The Morgan fingerprint density at radius 1 is 0.938 bits per heavy atom. The molecule has 0 radical (unpaired) electrons. The SMILES string of the molecule is O[C@@H](Cc1ccc(Cl)cc1)c1ccccc1. The van der Waals surface area contributed by atoms with Crippen LogP contribution in [0.25, 0.3) is 0 Å². The molecule has 1 N–H and O–H groups in total. The van der Waals surface area contributed by atoms with Crippen molar-refractivity contribution in [1.29, 1.82) is 0 Å². The first-order valence-electron chi connectivity index (χ1n) is 5.23. The van der Waals surface area contributed by atoms with Crippen molar-refractivity contribution < 1.29 is 5.11 Å². The highest BCUT2D eigenvalue weighted by Crippen LogP contribution is 2.19. The summed E-state index contributed by atoms with van der Waals surface area (Å²) in [5.74, 6) is 0. The lowest BCUT2D eigenvalue weighted by Crippen LogP contribution is -2.01. The molecule has 0 spiro atoms. The maximum absolute atomic E-state index is 10.0. The summed E-state index contributed by atoms with van der Waals surface area (Å²) in [7, 11) is 0. The van der Waals surface area contributed by atoms with Gasteiger partial charge in [-0.05, 0) is 23.3 Å². The van der Waals surface area contributed by atoms with Gasteiger partial charge in [-0.25, -0.2) is 0 Å². The summed E-state index contributed by atoms with van der Waals surface area (Å²) in [6.07, 6.45) is 0.156. The average Bonchev–Trinajstić information content (AvgIpc) is 2.33. The van der Waals surface area contributed by atoms with Gasteiger partial charge in [-0.15, -0.1) is 0 Å². The minimum atomic E-state index is -0.456. The predicted octanol–water partition coefficient (Wildman–Crippen LogP) is 3.62. The molecule has 2 rings (SSSR count). The third kappa shape index (κ3) is 2.84. The first-order valence-corrected chi connectivity index (χ1v) is 5.61. The van der Waals surface area contributed by atoms with E-state index in [2.05, 4.69) is 0 Å². The molecule has 16 heavy (non-hydrogen) atoms. The van der Waals surface area contributed by atoms with Crippen LogP contribution in [0.3, 0.4) is 0 Å². The largest absolute Gasteiger partial charge is 0.388 e. The molecule has 0 aliphatic heterocycles. The second-order valence-electron chi connectivity index (χ2n) is 3.76. The van der Waals surface area contributed by atoms with Gasteiger partial charge >= 0.3 is 0 Å². The molecule has 0 aromatic heterocycles. The lowest BCUT2D eigenvalue weighted by molar-refractivity contribution is 0.178. The summed E-state index contributed by atoms with van der Waals surface area (Å²) in [5, 5.41) is 10.7. The summed E-state index contributed by atoms with van der Waals surface area (Å²) in [6.45, 7) is 0. The van der Waals surface area contributed by atoms with Gasteiger partial charge in [0, 0.05) is 11.4 Å². The van der Waals surface area contributed by atoms with E-state index in [1.165, 1.54) is 0 Å². The summed E-state index contributed by atoms with van der Waals surface area (Å²) < 4.78 is 0. The Morgan fingerprint density at radius 3 is 2.19 bits per heavy atom. The van der Waals surface area contributed by atoms with Gasteiger partial charge in [0.05, 0.1) is 6.10 Å². The van der Waals surface area contributed by atoms with Crippen LogP contribution in [0, 0.1) is 0 Å². The van der Waals surface area contributed by atoms with Crippen molar-refractivity contribution in [3.63, 3.8) is 0 Å². The van der Waals surface area contributed by atoms with Gasteiger partial charge in [-0.3, -0.25) is 0 Å². The summed E-state index contributed by atoms with van der Waals surface area (Å²) in [5.41, 5.74) is 2.03. The second kappa shape index (κ2) is 5.15. The van der Waals surface area contributed by atoms with E-state index in [1.54, 1.807) is 0 Å². The maximum Gasteiger partial charge on any atom is 0.0830 e. The molecule has 0 amide bonds. The number of hydrogen-bond donors (Lipinski definition) is 1. The molecular formula is C14H13ClO. The average molecular weight is 233 g/mol. The normalized spacial score (nSPS) is 12.4. The minimum Gasteiger partial charge on any atom is -0.388 e. The van der Waals surface area contributed by atoms with Crippen molar-refractivity contribution in [2.24, 2.45) is 0 Å². The van der Waals surface area contributed by atoms with Crippen LogP contribution >= 0.6 is 11.6 Å². The summed E-state index contributed by atoms with van der Waals surface area (Å²) in [6, 6.07) is 17.2. The van der Waals surface area contributed by atoms with Crippen LogP contribution in [0.4, 0.5) is 0 Å². The molecule has 0 fully saturated rings. The molecule has 0 saturated carbocycles. The highest BCUT2D eigenvalue weighted by Gasteiger charge is 2.07. The van der Waals surface area contributed by atoms with E-state index in [0.29, 0.717) is 6.42 Å². The Hall–Kier alpha value is -1.31. The van der Waals surface area contributed by atoms with Crippen molar-refractivity contribution in [2.75, 3.05) is 0 Å². The third-order valence-corrected chi connectivity index (χ3v) is 2.78. The number of hydrogen-bond acceptors (Lipinski definition) is 1. The highest BCUT2D eigenvalue weighted by atomic mass is 35.5. The molecule has 1 nitrogen and oxygen atoms in total. The molecule has 82 valence electrons. The Morgan fingerprint density at radius 2 is 1.56 bits per heavy atom. The first kappa shape index (κ1) is 11.2. The highest BCUT2D eigenvalue weighted by molar-refractivity contribution is 6.30. The van der Waals surface area contributed by atoms with E-state index in [1.807, 2.05) is 54.6 Å². The molecule has 2 heteroatoms. The molecule has 1 atom stereocenters. The number of aliphatic hydroxyl groups is 1. The zero-order chi connectivity index (χ0) is 11.4. The van der Waals surface area contributed by atoms with Crippen LogP contribution in [0.15, 0.2) is 54.6 Å². The fourth-order valence-corrected chi connectivity index (χ4v) is 1.76. The van der Waals surface area contributed by atoms with Crippen LogP contribution in [-0.4, -0.2) is 5.11 Å². The number of rotatable bonds is 3. The molecule has 0 saturated heterocycles. The number of benzene rings is 2. The summed E-state index contributed by atoms with van der Waals surface area (Å²) >= 11 is 5.80. The monoisotopic (exact) mass is 232 g/mol. The van der Waals surface area contributed by atoms with Gasteiger partial charge < -0.3 is 5.11 Å². The van der Waals surface area contributed by atoms with Crippen molar-refractivity contribution in [3.05, 3.63) is 70.7 Å². The van der Waals surface area contributed by atoms with Crippen LogP contribution in [0.2, 0.25) is 5.02 Å². The Balaban J connectivity index is 2.08. The van der Waals surface area contributed by atoms with Crippen LogP contribution < -0.4 is 0 Å². The van der Waals surface area contributed by atoms with E-state index >= 15 is 0 Å². The molecule has 0 unspecified atom stereocenters. The molecule has 2 aromatic carbocycles. The van der Waals surface area contributed by atoms with Crippen molar-refractivity contribution in [1.82, 2.24) is 0 Å². The van der Waals surface area contributed by atoms with E-state index in [9.17, 15) is 5.11 Å². The van der Waals surface area contributed by atoms with Crippen LogP contribution in [0.5, 0.6) is 0 Å². The van der Waals surface area contributed by atoms with Gasteiger partial charge in [0.1, 0.15) is 0 Å². The molecular weight excluding hydrogens is 220 g/mol. The number of aliphatic hydroxyl groups excluding tert-OH is 1. The van der Waals surface area contributed by atoms with Gasteiger partial charge in [0.2, 0.25) is 0 Å². The van der Waals surface area contributed by atoms with Crippen molar-refractivity contribution >= 4 is 11.6 Å². The Bertz CT molecular complexity index is 436. The molecule has 0 aliphatic carbocycles. The summed E-state index contributed by atoms with van der Waals surface area (Å²) in [4.78, 5) is 0. The zero-order valence-electron chi connectivity index (χ0n) is 8.81. The van der Waals surface area contributed by atoms with E-state index in [4.69, 9.17) is 11.6 Å². The minimum absolute atomic E-state index is 0.456. The number of halogens is 1. The van der Waals surface area contributed by atoms with E-state index in [0.717, 1.165) is 16.1 Å². The van der Waals surface area contributed by atoms with Gasteiger partial charge in [0.15, 0.2) is 0 Å². The molecule has 0 heterocycles. The van der Waals surface area contributed by atoms with Gasteiger partial charge in [0.25, 0.3) is 0 Å². The standard InChI is InChI=1S/C14H13ClO/c15-13-8-6-11(7-9-13)10-14(16)12-4-2-1-3-5-12/h1-9,14,16H,10H2/t14-/m0/s1. The Labute approximate surface area is 100 Å². The molecule has 2 aromatic rings. The second-order valence-corrected chi connectivity index (χ2v) is 4.19. The van der Waals surface area contributed by atoms with Crippen molar-refractivity contribution in [3.8, 4) is 0 Å². The molecule has 0 aliphatic rings. The van der Waals surface area contributed by atoms with E-state index < -0.39 is 6.10 Å². The molecule has 0 bridgehead atoms. The smallest absolute Gasteiger partial charge is 0.0830 e. The lowest BCUT2D eigenvalue weighted by Gasteiger charge is -2.10. The quantitative estimate of drug-likeness (QED) is 0.857. The van der Waals surface area contributed by atoms with Gasteiger partial charge in [-0.1, -0.05) is 54.1 Å². The fourth-order valence-electron chi connectivity index (χ4n) is 1.64. The fraction of sp³-hybridized carbons (Fsp3) is 0.143. The van der Waals surface area contributed by atoms with E-state index in [-0.39, 0.29) is 0 Å². The van der Waals surface area contributed by atoms with Crippen molar-refractivity contribution in [2.45, 2.75) is 12.5 Å². The first-order chi connectivity index (χ1) is 7.75. The lowest BCUT2D eigenvalue weighted by atomic mass is 10.0. The van der Waals surface area contributed by atoms with Crippen LogP contribution in [0.1, 0.15) is 17.2 Å². The maximum atomic E-state index is 10.0. The van der Waals surface area contributed by atoms with Crippen LogP contribution in [-0.2, 0) is 6.42 Å².